The molecule has 1 saturated heterocycles. The number of nitrogens with one attached hydrogen (secondary N) is 1. The number of anilines is 1. The van der Waals surface area contributed by atoms with Crippen molar-refractivity contribution in [2.75, 3.05) is 11.4 Å². The lowest BCUT2D eigenvalue weighted by Crippen LogP contribution is -2.38. The van der Waals surface area contributed by atoms with Crippen LogP contribution in [0, 0.1) is 0 Å². The molecule has 0 radical (unpaired) electrons. The van der Waals surface area contributed by atoms with Crippen molar-refractivity contribution in [3.8, 4) is 0 Å². The zero-order valence-corrected chi connectivity index (χ0v) is 19.2. The SMILES string of the molecule is CC1=C(C2CCCN2c2ccn3ncc(C(=O)NC4CCC(O)CC4)c3n2)CC(C)(F)C=N1. The fourth-order valence-electron chi connectivity index (χ4n) is 5.29. The number of amides is 1. The van der Waals surface area contributed by atoms with E-state index in [2.05, 4.69) is 20.3 Å². The molecule has 2 aromatic heterocycles. The summed E-state index contributed by atoms with van der Waals surface area (Å²) in [5.74, 6) is 0.568. The molecule has 9 heteroatoms. The van der Waals surface area contributed by atoms with Gasteiger partial charge < -0.3 is 15.3 Å². The van der Waals surface area contributed by atoms with E-state index in [4.69, 9.17) is 4.98 Å². The zero-order valence-electron chi connectivity index (χ0n) is 19.2. The summed E-state index contributed by atoms with van der Waals surface area (Å²) in [7, 11) is 0. The molecule has 2 aliphatic heterocycles. The first kappa shape index (κ1) is 22.0. The van der Waals surface area contributed by atoms with Gasteiger partial charge in [-0.25, -0.2) is 13.9 Å². The van der Waals surface area contributed by atoms with Crippen molar-refractivity contribution in [3.05, 3.63) is 35.3 Å². The number of nitrogens with zero attached hydrogens (tertiary/aromatic N) is 5. The smallest absolute Gasteiger partial charge is 0.256 e. The van der Waals surface area contributed by atoms with Crippen molar-refractivity contribution in [1.29, 1.82) is 0 Å². The van der Waals surface area contributed by atoms with Crippen molar-refractivity contribution in [2.45, 2.75) is 82.6 Å². The Labute approximate surface area is 192 Å². The molecule has 1 amide bonds. The first-order chi connectivity index (χ1) is 15.8. The molecule has 2 fully saturated rings. The second-order valence-electron chi connectivity index (χ2n) is 9.77. The van der Waals surface area contributed by atoms with Gasteiger partial charge in [0.15, 0.2) is 5.65 Å². The first-order valence-corrected chi connectivity index (χ1v) is 11.8. The Balaban J connectivity index is 1.40. The number of hydrogen-bond donors (Lipinski definition) is 2. The fourth-order valence-corrected chi connectivity index (χ4v) is 5.29. The van der Waals surface area contributed by atoms with Crippen LogP contribution in [-0.2, 0) is 0 Å². The fraction of sp³-hybridized carbons (Fsp3) is 0.583. The largest absolute Gasteiger partial charge is 0.393 e. The first-order valence-electron chi connectivity index (χ1n) is 11.8. The molecule has 1 saturated carbocycles. The average molecular weight is 455 g/mol. The number of aliphatic imine (C=N–C) groups is 1. The molecule has 8 nitrogen and oxygen atoms in total. The molecular weight excluding hydrogens is 423 g/mol. The van der Waals surface area contributed by atoms with Gasteiger partial charge in [-0.3, -0.25) is 9.79 Å². The van der Waals surface area contributed by atoms with Gasteiger partial charge in [0.05, 0.1) is 18.3 Å². The second-order valence-corrected chi connectivity index (χ2v) is 9.77. The molecule has 0 spiro atoms. The summed E-state index contributed by atoms with van der Waals surface area (Å²) in [6.45, 7) is 4.33. The Morgan fingerprint density at radius 2 is 2.06 bits per heavy atom. The van der Waals surface area contributed by atoms with Gasteiger partial charge in [-0.1, -0.05) is 0 Å². The number of allylic oxidation sites excluding steroid dienone is 1. The van der Waals surface area contributed by atoms with Gasteiger partial charge in [0.2, 0.25) is 0 Å². The highest BCUT2D eigenvalue weighted by Crippen LogP contribution is 2.37. The average Bonchev–Trinajstić information content (AvgIpc) is 3.44. The number of aliphatic hydroxyl groups is 1. The Bertz CT molecular complexity index is 1120. The summed E-state index contributed by atoms with van der Waals surface area (Å²) in [4.78, 5) is 24.3. The Hall–Kier alpha value is -2.81. The molecule has 5 rings (SSSR count). The summed E-state index contributed by atoms with van der Waals surface area (Å²) >= 11 is 0. The number of aromatic nitrogens is 3. The van der Waals surface area contributed by atoms with Gasteiger partial charge in [-0.15, -0.1) is 0 Å². The van der Waals surface area contributed by atoms with Crippen LogP contribution < -0.4 is 10.2 Å². The molecule has 2 aromatic rings. The van der Waals surface area contributed by atoms with Gasteiger partial charge in [0, 0.05) is 37.1 Å². The van der Waals surface area contributed by atoms with E-state index in [9.17, 15) is 14.3 Å². The number of halogens is 1. The Morgan fingerprint density at radius 3 is 2.85 bits per heavy atom. The maximum atomic E-state index is 14.7. The van der Waals surface area contributed by atoms with Crippen LogP contribution in [0.25, 0.3) is 5.65 Å². The van der Waals surface area contributed by atoms with E-state index in [1.54, 1.807) is 17.6 Å². The third-order valence-corrected chi connectivity index (χ3v) is 7.11. The Kier molecular flexibility index (Phi) is 5.68. The normalized spacial score (nSPS) is 30.3. The van der Waals surface area contributed by atoms with Gasteiger partial charge >= 0.3 is 0 Å². The van der Waals surface area contributed by atoms with Crippen molar-refractivity contribution in [3.63, 3.8) is 0 Å². The number of carbonyl (C=O) groups is 1. The van der Waals surface area contributed by atoms with Crippen LogP contribution in [0.5, 0.6) is 0 Å². The van der Waals surface area contributed by atoms with Gasteiger partial charge in [-0.05, 0) is 64.0 Å². The van der Waals surface area contributed by atoms with Crippen LogP contribution in [0.1, 0.15) is 69.2 Å². The lowest BCUT2D eigenvalue weighted by atomic mass is 9.89. The number of rotatable bonds is 4. The zero-order chi connectivity index (χ0) is 23.2. The number of alkyl halides is 1. The third kappa shape index (κ3) is 4.38. The van der Waals surface area contributed by atoms with E-state index in [0.717, 1.165) is 49.3 Å². The van der Waals surface area contributed by atoms with Gasteiger partial charge in [0.25, 0.3) is 5.91 Å². The van der Waals surface area contributed by atoms with Crippen molar-refractivity contribution >= 4 is 23.6 Å². The second kappa shape index (κ2) is 8.52. The highest BCUT2D eigenvalue weighted by atomic mass is 19.1. The van der Waals surface area contributed by atoms with Gasteiger partial charge in [-0.2, -0.15) is 5.10 Å². The highest BCUT2D eigenvalue weighted by molar-refractivity contribution is 6.00. The lowest BCUT2D eigenvalue weighted by Gasteiger charge is -2.32. The highest BCUT2D eigenvalue weighted by Gasteiger charge is 2.36. The molecule has 33 heavy (non-hydrogen) atoms. The van der Waals surface area contributed by atoms with E-state index in [-0.39, 0.29) is 24.1 Å². The third-order valence-electron chi connectivity index (χ3n) is 7.11. The van der Waals surface area contributed by atoms with E-state index >= 15 is 0 Å². The summed E-state index contributed by atoms with van der Waals surface area (Å²) in [5, 5.41) is 17.1. The molecule has 4 heterocycles. The van der Waals surface area contributed by atoms with Crippen LogP contribution in [0.15, 0.2) is 34.7 Å². The van der Waals surface area contributed by atoms with Crippen LogP contribution in [-0.4, -0.2) is 62.2 Å². The number of hydrogen-bond acceptors (Lipinski definition) is 6. The predicted octanol–water partition coefficient (Wildman–Crippen LogP) is 3.21. The van der Waals surface area contributed by atoms with Crippen molar-refractivity contribution < 1.29 is 14.3 Å². The van der Waals surface area contributed by atoms with Gasteiger partial charge in [0.1, 0.15) is 17.1 Å². The molecule has 0 aromatic carbocycles. The minimum absolute atomic E-state index is 0.0429. The molecule has 1 aliphatic carbocycles. The number of carbonyl (C=O) groups excluding carboxylic acids is 1. The summed E-state index contributed by atoms with van der Waals surface area (Å²) < 4.78 is 16.3. The summed E-state index contributed by atoms with van der Waals surface area (Å²) in [6, 6.07) is 2.00. The van der Waals surface area contributed by atoms with Crippen LogP contribution >= 0.6 is 0 Å². The van der Waals surface area contributed by atoms with Crippen LogP contribution in [0.4, 0.5) is 10.2 Å². The molecule has 2 unspecified atom stereocenters. The quantitative estimate of drug-likeness (QED) is 0.740. The maximum Gasteiger partial charge on any atom is 0.256 e. The van der Waals surface area contributed by atoms with E-state index in [0.29, 0.717) is 30.5 Å². The van der Waals surface area contributed by atoms with Crippen molar-refractivity contribution in [2.24, 2.45) is 4.99 Å². The molecule has 176 valence electrons. The van der Waals surface area contributed by atoms with Crippen molar-refractivity contribution in [1.82, 2.24) is 19.9 Å². The van der Waals surface area contributed by atoms with E-state index in [1.807, 2.05) is 19.2 Å². The summed E-state index contributed by atoms with van der Waals surface area (Å²) in [6.07, 6.45) is 9.70. The lowest BCUT2D eigenvalue weighted by molar-refractivity contribution is 0.0869. The topological polar surface area (TPSA) is 95.1 Å². The summed E-state index contributed by atoms with van der Waals surface area (Å²) in [5.41, 5.74) is 1.41. The Morgan fingerprint density at radius 1 is 1.27 bits per heavy atom. The monoisotopic (exact) mass is 454 g/mol. The number of fused-ring (bicyclic) bond motifs is 1. The van der Waals surface area contributed by atoms with Crippen LogP contribution in [0.3, 0.4) is 0 Å². The van der Waals surface area contributed by atoms with E-state index < -0.39 is 5.67 Å². The molecule has 2 N–H and O–H groups in total. The number of aliphatic hydroxyl groups excluding tert-OH is 1. The van der Waals surface area contributed by atoms with Crippen LogP contribution in [0.2, 0.25) is 0 Å². The minimum Gasteiger partial charge on any atom is -0.393 e. The standard InChI is InChI=1S/C24H31FN6O2/c1-15-18(12-24(2,25)14-26-15)20-4-3-10-30(20)21-9-11-31-22(29-21)19(13-27-31)23(33)28-16-5-7-17(32)8-6-16/h9,11,13-14,16-17,20,32H,3-8,10,12H2,1-2H3,(H,28,33). The molecule has 3 aliphatic rings. The predicted molar refractivity (Wildman–Crippen MR) is 124 cm³/mol. The molecule has 2 atom stereocenters. The van der Waals surface area contributed by atoms with E-state index in [1.165, 1.54) is 6.21 Å². The maximum absolute atomic E-state index is 14.7. The molecular formula is C24H31FN6O2. The minimum atomic E-state index is -1.44. The molecule has 0 bridgehead atoms.